The summed E-state index contributed by atoms with van der Waals surface area (Å²) in [6, 6.07) is 0.556. The van der Waals surface area contributed by atoms with Crippen LogP contribution in [-0.2, 0) is 9.47 Å². The summed E-state index contributed by atoms with van der Waals surface area (Å²) < 4.78 is 10.5. The van der Waals surface area contributed by atoms with Crippen molar-refractivity contribution in [3.8, 4) is 0 Å². The lowest BCUT2D eigenvalue weighted by Crippen LogP contribution is -2.52. The Morgan fingerprint density at radius 1 is 1.50 bits per heavy atom. The van der Waals surface area contributed by atoms with Crippen molar-refractivity contribution in [3.63, 3.8) is 0 Å². The predicted octanol–water partition coefficient (Wildman–Crippen LogP) is 1.82. The van der Waals surface area contributed by atoms with Crippen molar-refractivity contribution in [2.45, 2.75) is 51.2 Å². The van der Waals surface area contributed by atoms with Crippen LogP contribution in [0.15, 0.2) is 0 Å². The first-order chi connectivity index (χ1) is 11.3. The Labute approximate surface area is 143 Å². The maximum atomic E-state index is 11.8. The molecule has 2 aliphatic heterocycles. The third-order valence-electron chi connectivity index (χ3n) is 5.86. The molecule has 3 rings (SSSR count). The Morgan fingerprint density at radius 2 is 2.25 bits per heavy atom. The molecule has 7 nitrogen and oxygen atoms in total. The van der Waals surface area contributed by atoms with Gasteiger partial charge in [-0.3, -0.25) is 0 Å². The fourth-order valence-corrected chi connectivity index (χ4v) is 4.18. The molecule has 1 spiro atoms. The number of nitrogens with one attached hydrogen (secondary N) is 1. The second-order valence-corrected chi connectivity index (χ2v) is 7.86. The molecule has 0 aromatic rings. The van der Waals surface area contributed by atoms with E-state index in [9.17, 15) is 9.59 Å². The first-order valence-corrected chi connectivity index (χ1v) is 8.94. The minimum absolute atomic E-state index is 0.172. The van der Waals surface area contributed by atoms with Crippen LogP contribution < -0.4 is 5.32 Å². The molecule has 0 radical (unpaired) electrons. The summed E-state index contributed by atoms with van der Waals surface area (Å²) >= 11 is 0. The summed E-state index contributed by atoms with van der Waals surface area (Å²) in [5.74, 6) is 0. The van der Waals surface area contributed by atoms with Crippen molar-refractivity contribution in [1.82, 2.24) is 15.1 Å². The third kappa shape index (κ3) is 3.45. The molecule has 3 aliphatic rings. The fraction of sp³-hybridized carbons (Fsp3) is 0.882. The number of carbonyl (C=O) groups is 2. The molecular weight excluding hydrogens is 310 g/mol. The standard InChI is InChI=1S/C17H29N3O4/c1-4-23-15(22)20-8-6-17(12-20)9-13(10-17)19(3)7-5-16(2)11-18-14(21)24-16/h13H,4-12H2,1-3H3,(H,18,21). The number of alkyl carbamates (subject to hydrolysis) is 1. The van der Waals surface area contributed by atoms with Crippen LogP contribution in [0.2, 0.25) is 0 Å². The van der Waals surface area contributed by atoms with Crippen molar-refractivity contribution in [2.75, 3.05) is 39.8 Å². The topological polar surface area (TPSA) is 71.1 Å². The van der Waals surface area contributed by atoms with Gasteiger partial charge in [0.15, 0.2) is 0 Å². The first-order valence-electron chi connectivity index (χ1n) is 8.94. The highest BCUT2D eigenvalue weighted by Crippen LogP contribution is 2.50. The van der Waals surface area contributed by atoms with Gasteiger partial charge in [0, 0.05) is 32.1 Å². The van der Waals surface area contributed by atoms with Crippen LogP contribution in [0.3, 0.4) is 0 Å². The predicted molar refractivity (Wildman–Crippen MR) is 88.8 cm³/mol. The Balaban J connectivity index is 1.41. The molecule has 1 N–H and O–H groups in total. The molecule has 2 saturated heterocycles. The molecule has 2 amide bonds. The number of hydrogen-bond acceptors (Lipinski definition) is 5. The van der Waals surface area contributed by atoms with Crippen molar-refractivity contribution in [3.05, 3.63) is 0 Å². The summed E-state index contributed by atoms with van der Waals surface area (Å²) in [6.07, 6.45) is 3.70. The Kier molecular flexibility index (Phi) is 4.64. The summed E-state index contributed by atoms with van der Waals surface area (Å²) in [5.41, 5.74) is -0.0994. The average molecular weight is 339 g/mol. The van der Waals surface area contributed by atoms with Gasteiger partial charge in [0.05, 0.1) is 13.2 Å². The van der Waals surface area contributed by atoms with Gasteiger partial charge in [-0.2, -0.15) is 0 Å². The second kappa shape index (κ2) is 6.43. The number of likely N-dealkylation sites (tertiary alicyclic amines) is 1. The van der Waals surface area contributed by atoms with E-state index >= 15 is 0 Å². The van der Waals surface area contributed by atoms with Gasteiger partial charge < -0.3 is 24.6 Å². The largest absolute Gasteiger partial charge is 0.450 e. The van der Waals surface area contributed by atoms with E-state index in [4.69, 9.17) is 9.47 Å². The molecule has 2 heterocycles. The number of carbonyl (C=O) groups excluding carboxylic acids is 2. The molecule has 0 aromatic heterocycles. The van der Waals surface area contributed by atoms with Gasteiger partial charge in [-0.1, -0.05) is 0 Å². The highest BCUT2D eigenvalue weighted by atomic mass is 16.6. The number of ether oxygens (including phenoxy) is 2. The summed E-state index contributed by atoms with van der Waals surface area (Å²) in [7, 11) is 2.14. The van der Waals surface area contributed by atoms with Gasteiger partial charge in [-0.25, -0.2) is 9.59 Å². The normalized spacial score (nSPS) is 35.1. The lowest BCUT2D eigenvalue weighted by atomic mass is 9.64. The molecule has 1 saturated carbocycles. The number of nitrogens with zero attached hydrogens (tertiary/aromatic N) is 2. The zero-order valence-electron chi connectivity index (χ0n) is 15.0. The van der Waals surface area contributed by atoms with Crippen LogP contribution in [-0.4, -0.2) is 73.5 Å². The van der Waals surface area contributed by atoms with E-state index in [1.54, 1.807) is 0 Å². The maximum absolute atomic E-state index is 11.8. The van der Waals surface area contributed by atoms with Gasteiger partial charge in [-0.05, 0) is 45.6 Å². The lowest BCUT2D eigenvalue weighted by molar-refractivity contribution is 0.00322. The smallest absolute Gasteiger partial charge is 0.409 e. The van der Waals surface area contributed by atoms with E-state index in [0.717, 1.165) is 45.3 Å². The molecule has 0 aromatic carbocycles. The van der Waals surface area contributed by atoms with Crippen LogP contribution in [0.4, 0.5) is 9.59 Å². The van der Waals surface area contributed by atoms with Crippen LogP contribution in [0.1, 0.15) is 39.5 Å². The number of hydrogen-bond donors (Lipinski definition) is 1. The van der Waals surface area contributed by atoms with Gasteiger partial charge in [0.25, 0.3) is 0 Å². The molecule has 1 aliphatic carbocycles. The molecule has 3 fully saturated rings. The van der Waals surface area contributed by atoms with E-state index in [-0.39, 0.29) is 23.2 Å². The van der Waals surface area contributed by atoms with Crippen molar-refractivity contribution < 1.29 is 19.1 Å². The number of rotatable bonds is 5. The zero-order chi connectivity index (χ0) is 17.4. The first kappa shape index (κ1) is 17.3. The molecular formula is C17H29N3O4. The van der Waals surface area contributed by atoms with Crippen LogP contribution in [0, 0.1) is 5.41 Å². The summed E-state index contributed by atoms with van der Waals surface area (Å²) in [5, 5.41) is 2.73. The minimum atomic E-state index is -0.388. The van der Waals surface area contributed by atoms with Crippen LogP contribution in [0.5, 0.6) is 0 Å². The minimum Gasteiger partial charge on any atom is -0.450 e. The van der Waals surface area contributed by atoms with E-state index in [1.807, 2.05) is 18.7 Å². The Morgan fingerprint density at radius 3 is 2.88 bits per heavy atom. The monoisotopic (exact) mass is 339 g/mol. The summed E-state index contributed by atoms with van der Waals surface area (Å²) in [4.78, 5) is 27.3. The number of amides is 2. The van der Waals surface area contributed by atoms with E-state index in [1.165, 1.54) is 0 Å². The lowest BCUT2D eigenvalue weighted by Gasteiger charge is -2.49. The highest BCUT2D eigenvalue weighted by molar-refractivity contribution is 5.70. The average Bonchev–Trinajstić information content (AvgIpc) is 3.08. The molecule has 0 bridgehead atoms. The van der Waals surface area contributed by atoms with E-state index < -0.39 is 0 Å². The van der Waals surface area contributed by atoms with Gasteiger partial charge in [0.2, 0.25) is 0 Å². The second-order valence-electron chi connectivity index (χ2n) is 7.86. The summed E-state index contributed by atoms with van der Waals surface area (Å²) in [6.45, 7) is 7.40. The molecule has 1 atom stereocenters. The molecule has 136 valence electrons. The van der Waals surface area contributed by atoms with Gasteiger partial charge in [0.1, 0.15) is 5.60 Å². The van der Waals surface area contributed by atoms with Crippen molar-refractivity contribution >= 4 is 12.2 Å². The number of cyclic esters (lactones) is 1. The quantitative estimate of drug-likeness (QED) is 0.827. The van der Waals surface area contributed by atoms with E-state index in [2.05, 4.69) is 17.3 Å². The zero-order valence-corrected chi connectivity index (χ0v) is 15.0. The SMILES string of the molecule is CCOC(=O)N1CCC2(CC(N(C)CCC3(C)CNC(=O)O3)C2)C1. The van der Waals surface area contributed by atoms with Gasteiger partial charge >= 0.3 is 12.2 Å². The maximum Gasteiger partial charge on any atom is 0.409 e. The Bertz CT molecular complexity index is 506. The van der Waals surface area contributed by atoms with Crippen LogP contribution in [0.25, 0.3) is 0 Å². The highest BCUT2D eigenvalue weighted by Gasteiger charge is 2.51. The molecule has 1 unspecified atom stereocenters. The third-order valence-corrected chi connectivity index (χ3v) is 5.86. The fourth-order valence-electron chi connectivity index (χ4n) is 4.18. The molecule has 24 heavy (non-hydrogen) atoms. The van der Waals surface area contributed by atoms with E-state index in [0.29, 0.717) is 19.2 Å². The molecule has 7 heteroatoms. The Hall–Kier alpha value is -1.50. The van der Waals surface area contributed by atoms with Crippen molar-refractivity contribution in [2.24, 2.45) is 5.41 Å². The van der Waals surface area contributed by atoms with Crippen LogP contribution >= 0.6 is 0 Å². The van der Waals surface area contributed by atoms with Crippen molar-refractivity contribution in [1.29, 1.82) is 0 Å². The van der Waals surface area contributed by atoms with Gasteiger partial charge in [-0.15, -0.1) is 0 Å².